The fourth-order valence-corrected chi connectivity index (χ4v) is 3.52. The summed E-state index contributed by atoms with van der Waals surface area (Å²) in [6.45, 7) is 7.03. The Kier molecular flexibility index (Phi) is 6.66. The van der Waals surface area contributed by atoms with Crippen molar-refractivity contribution in [2.75, 3.05) is 26.7 Å². The van der Waals surface area contributed by atoms with Crippen molar-refractivity contribution in [3.05, 3.63) is 53.9 Å². The summed E-state index contributed by atoms with van der Waals surface area (Å²) in [4.78, 5) is 6.87. The van der Waals surface area contributed by atoms with Crippen molar-refractivity contribution in [2.24, 2.45) is 4.99 Å². The minimum absolute atomic E-state index is 0.618. The van der Waals surface area contributed by atoms with E-state index in [1.165, 1.54) is 24.9 Å². The third kappa shape index (κ3) is 5.08. The first kappa shape index (κ1) is 18.5. The summed E-state index contributed by atoms with van der Waals surface area (Å²) in [5, 5.41) is 11.3. The summed E-state index contributed by atoms with van der Waals surface area (Å²) in [6, 6.07) is 11.0. The van der Waals surface area contributed by atoms with E-state index in [0.29, 0.717) is 6.04 Å². The first-order valence-electron chi connectivity index (χ1n) is 9.52. The number of rotatable bonds is 7. The molecule has 6 nitrogen and oxygen atoms in total. The maximum atomic E-state index is 4.45. The van der Waals surface area contributed by atoms with Crippen LogP contribution in [-0.2, 0) is 13.1 Å². The molecule has 140 valence electrons. The zero-order valence-corrected chi connectivity index (χ0v) is 15.9. The molecule has 1 saturated heterocycles. The second-order valence-corrected chi connectivity index (χ2v) is 6.76. The van der Waals surface area contributed by atoms with E-state index in [2.05, 4.69) is 63.0 Å². The Labute approximate surface area is 156 Å². The molecule has 3 rings (SSSR count). The van der Waals surface area contributed by atoms with Gasteiger partial charge in [-0.3, -0.25) is 14.6 Å². The van der Waals surface area contributed by atoms with E-state index in [4.69, 9.17) is 0 Å². The normalized spacial score (nSPS) is 18.2. The predicted molar refractivity (Wildman–Crippen MR) is 106 cm³/mol. The number of aromatic nitrogens is 2. The lowest BCUT2D eigenvalue weighted by Gasteiger charge is -2.23. The van der Waals surface area contributed by atoms with Crippen LogP contribution < -0.4 is 10.6 Å². The molecule has 1 unspecified atom stereocenters. The van der Waals surface area contributed by atoms with E-state index in [9.17, 15) is 0 Å². The quantitative estimate of drug-likeness (QED) is 0.590. The van der Waals surface area contributed by atoms with E-state index >= 15 is 0 Å². The average Bonchev–Trinajstić information content (AvgIpc) is 3.31. The molecule has 0 radical (unpaired) electrons. The molecule has 0 saturated carbocycles. The molecule has 1 fully saturated rings. The minimum atomic E-state index is 0.618. The Bertz CT molecular complexity index is 693. The zero-order valence-electron chi connectivity index (χ0n) is 15.9. The Balaban J connectivity index is 1.45. The molecule has 1 atom stereocenters. The van der Waals surface area contributed by atoms with Crippen LogP contribution in [0.3, 0.4) is 0 Å². The molecule has 1 aliphatic rings. The summed E-state index contributed by atoms with van der Waals surface area (Å²) in [5.74, 6) is 0.851. The van der Waals surface area contributed by atoms with Gasteiger partial charge in [-0.05, 0) is 31.5 Å². The first-order valence-corrected chi connectivity index (χ1v) is 9.52. The Morgan fingerprint density at radius 2 is 2.08 bits per heavy atom. The highest BCUT2D eigenvalue weighted by molar-refractivity contribution is 5.79. The molecule has 1 aromatic heterocycles. The van der Waals surface area contributed by atoms with Crippen LogP contribution in [0.4, 0.5) is 0 Å². The van der Waals surface area contributed by atoms with Crippen molar-refractivity contribution >= 4 is 5.96 Å². The number of nitrogens with zero attached hydrogens (tertiary/aromatic N) is 4. The van der Waals surface area contributed by atoms with Crippen LogP contribution in [0.15, 0.2) is 47.7 Å². The molecular weight excluding hydrogens is 324 g/mol. The molecule has 0 spiro atoms. The van der Waals surface area contributed by atoms with Crippen molar-refractivity contribution in [1.29, 1.82) is 0 Å². The number of aliphatic imine (C=N–C) groups is 1. The lowest BCUT2D eigenvalue weighted by molar-refractivity contribution is 0.267. The van der Waals surface area contributed by atoms with E-state index in [1.54, 1.807) is 0 Å². The molecule has 0 amide bonds. The standard InChI is InChI=1S/C20H30N6/c1-3-25-11-7-10-19(25)14-23-20(21-2)22-12-18-13-24-26(16-18)15-17-8-5-4-6-9-17/h4-6,8-9,13,16,19H,3,7,10-12,14-15H2,1-2H3,(H2,21,22,23). The molecule has 1 aliphatic heterocycles. The lowest BCUT2D eigenvalue weighted by atomic mass is 10.2. The Morgan fingerprint density at radius 3 is 2.85 bits per heavy atom. The van der Waals surface area contributed by atoms with Crippen molar-refractivity contribution in [2.45, 2.75) is 38.9 Å². The van der Waals surface area contributed by atoms with Gasteiger partial charge in [-0.25, -0.2) is 0 Å². The lowest BCUT2D eigenvalue weighted by Crippen LogP contribution is -2.44. The molecular formula is C20H30N6. The summed E-state index contributed by atoms with van der Waals surface area (Å²) in [6.07, 6.45) is 6.57. The summed E-state index contributed by atoms with van der Waals surface area (Å²) in [7, 11) is 1.82. The average molecular weight is 355 g/mol. The SMILES string of the molecule is CCN1CCCC1CNC(=NC)NCc1cnn(Cc2ccccc2)c1. The highest BCUT2D eigenvalue weighted by atomic mass is 15.3. The molecule has 26 heavy (non-hydrogen) atoms. The first-order chi connectivity index (χ1) is 12.8. The molecule has 1 aromatic carbocycles. The van der Waals surface area contributed by atoms with Gasteiger partial charge in [0.25, 0.3) is 0 Å². The number of guanidine groups is 1. The fraction of sp³-hybridized carbons (Fsp3) is 0.500. The zero-order chi connectivity index (χ0) is 18.2. The number of likely N-dealkylation sites (tertiary alicyclic amines) is 1. The number of hydrogen-bond donors (Lipinski definition) is 2. The topological polar surface area (TPSA) is 57.5 Å². The van der Waals surface area contributed by atoms with Gasteiger partial charge in [-0.15, -0.1) is 0 Å². The number of likely N-dealkylation sites (N-methyl/N-ethyl adjacent to an activating group) is 1. The number of hydrogen-bond acceptors (Lipinski definition) is 3. The van der Waals surface area contributed by atoms with Gasteiger partial charge in [0.05, 0.1) is 12.7 Å². The Hall–Kier alpha value is -2.34. The molecule has 0 aliphatic carbocycles. The van der Waals surface area contributed by atoms with Crippen LogP contribution in [0.25, 0.3) is 0 Å². The number of nitrogens with one attached hydrogen (secondary N) is 2. The highest BCUT2D eigenvalue weighted by Gasteiger charge is 2.22. The van der Waals surface area contributed by atoms with Crippen LogP contribution in [0.1, 0.15) is 30.9 Å². The van der Waals surface area contributed by atoms with E-state index in [1.807, 2.05) is 24.0 Å². The molecule has 2 aromatic rings. The van der Waals surface area contributed by atoms with Gasteiger partial charge in [0, 0.05) is 37.9 Å². The molecule has 2 N–H and O–H groups in total. The van der Waals surface area contributed by atoms with Crippen LogP contribution in [0.5, 0.6) is 0 Å². The van der Waals surface area contributed by atoms with Crippen molar-refractivity contribution in [3.63, 3.8) is 0 Å². The van der Waals surface area contributed by atoms with E-state index in [0.717, 1.165) is 37.7 Å². The summed E-state index contributed by atoms with van der Waals surface area (Å²) < 4.78 is 1.97. The summed E-state index contributed by atoms with van der Waals surface area (Å²) in [5.41, 5.74) is 2.41. The predicted octanol–water partition coefficient (Wildman–Crippen LogP) is 2.08. The highest BCUT2D eigenvalue weighted by Crippen LogP contribution is 2.15. The third-order valence-electron chi connectivity index (χ3n) is 4.97. The van der Waals surface area contributed by atoms with Gasteiger partial charge < -0.3 is 10.6 Å². The van der Waals surface area contributed by atoms with Crippen LogP contribution >= 0.6 is 0 Å². The van der Waals surface area contributed by atoms with Gasteiger partial charge in [0.15, 0.2) is 5.96 Å². The maximum Gasteiger partial charge on any atom is 0.191 e. The van der Waals surface area contributed by atoms with Crippen molar-refractivity contribution < 1.29 is 0 Å². The smallest absolute Gasteiger partial charge is 0.191 e. The van der Waals surface area contributed by atoms with Gasteiger partial charge in [0.1, 0.15) is 0 Å². The second kappa shape index (κ2) is 9.38. The van der Waals surface area contributed by atoms with Crippen LogP contribution in [0, 0.1) is 0 Å². The van der Waals surface area contributed by atoms with E-state index in [-0.39, 0.29) is 0 Å². The molecule has 6 heteroatoms. The molecule has 0 bridgehead atoms. The van der Waals surface area contributed by atoms with E-state index < -0.39 is 0 Å². The molecule has 2 heterocycles. The third-order valence-corrected chi connectivity index (χ3v) is 4.97. The maximum absolute atomic E-state index is 4.45. The van der Waals surface area contributed by atoms with Gasteiger partial charge in [-0.2, -0.15) is 5.10 Å². The Morgan fingerprint density at radius 1 is 1.23 bits per heavy atom. The van der Waals surface area contributed by atoms with Gasteiger partial charge in [-0.1, -0.05) is 37.3 Å². The summed E-state index contributed by atoms with van der Waals surface area (Å²) >= 11 is 0. The number of benzene rings is 1. The second-order valence-electron chi connectivity index (χ2n) is 6.76. The van der Waals surface area contributed by atoms with Crippen molar-refractivity contribution in [3.8, 4) is 0 Å². The largest absolute Gasteiger partial charge is 0.355 e. The fourth-order valence-electron chi connectivity index (χ4n) is 3.52. The van der Waals surface area contributed by atoms with Gasteiger partial charge in [0.2, 0.25) is 0 Å². The minimum Gasteiger partial charge on any atom is -0.355 e. The van der Waals surface area contributed by atoms with Crippen molar-refractivity contribution in [1.82, 2.24) is 25.3 Å². The van der Waals surface area contributed by atoms with Gasteiger partial charge >= 0.3 is 0 Å². The monoisotopic (exact) mass is 354 g/mol. The van der Waals surface area contributed by atoms with Crippen LogP contribution in [0.2, 0.25) is 0 Å². The van der Waals surface area contributed by atoms with Crippen LogP contribution in [-0.4, -0.2) is 53.4 Å².